The van der Waals surface area contributed by atoms with E-state index in [2.05, 4.69) is 14.9 Å². The number of sulfone groups is 1. The highest BCUT2D eigenvalue weighted by molar-refractivity contribution is 7.91. The Balaban J connectivity index is 1.91. The highest BCUT2D eigenvalue weighted by atomic mass is 32.2. The van der Waals surface area contributed by atoms with Gasteiger partial charge in [0.15, 0.2) is 0 Å². The minimum atomic E-state index is -2.80. The van der Waals surface area contributed by atoms with E-state index in [-0.39, 0.29) is 0 Å². The second kappa shape index (κ2) is 5.83. The summed E-state index contributed by atoms with van der Waals surface area (Å²) in [6, 6.07) is 0.667. The summed E-state index contributed by atoms with van der Waals surface area (Å²) in [7, 11) is 0.739. The van der Waals surface area contributed by atoms with E-state index in [1.807, 2.05) is 7.05 Å². The molecule has 0 aliphatic carbocycles. The highest BCUT2D eigenvalue weighted by Crippen LogP contribution is 2.18. The van der Waals surface area contributed by atoms with Crippen LogP contribution in [0.2, 0.25) is 0 Å². The Kier molecular flexibility index (Phi) is 4.36. The molecule has 2 rings (SSSR count). The minimum absolute atomic E-state index is 0.293. The van der Waals surface area contributed by atoms with Gasteiger partial charge in [-0.05, 0) is 19.9 Å². The molecule has 0 radical (unpaired) electrons. The lowest BCUT2D eigenvalue weighted by atomic mass is 10.1. The molecule has 1 saturated heterocycles. The minimum Gasteiger partial charge on any atom is -0.467 e. The molecule has 106 valence electrons. The Bertz CT molecular complexity index is 502. The average molecular weight is 285 g/mol. The summed E-state index contributed by atoms with van der Waals surface area (Å²) in [6.45, 7) is 0.717. The maximum atomic E-state index is 11.4. The molecule has 1 aliphatic rings. The van der Waals surface area contributed by atoms with Crippen molar-refractivity contribution in [2.24, 2.45) is 0 Å². The number of rotatable bonds is 4. The van der Waals surface area contributed by atoms with Crippen LogP contribution in [0.25, 0.3) is 0 Å². The lowest BCUT2D eigenvalue weighted by molar-refractivity contribution is 0.218. The maximum absolute atomic E-state index is 11.4. The lowest BCUT2D eigenvalue weighted by Crippen LogP contribution is -2.38. The van der Waals surface area contributed by atoms with Crippen molar-refractivity contribution in [2.45, 2.75) is 25.4 Å². The van der Waals surface area contributed by atoms with Crippen LogP contribution in [0, 0.1) is 0 Å². The van der Waals surface area contributed by atoms with Crippen molar-refractivity contribution in [1.29, 1.82) is 0 Å². The van der Waals surface area contributed by atoms with Gasteiger partial charge in [0.05, 0.1) is 18.6 Å². The number of methoxy groups -OCH3 is 1. The van der Waals surface area contributed by atoms with Gasteiger partial charge in [-0.2, -0.15) is 0 Å². The molecule has 1 aliphatic heterocycles. The van der Waals surface area contributed by atoms with Crippen LogP contribution in [0.3, 0.4) is 0 Å². The number of hydrogen-bond acceptors (Lipinski definition) is 6. The Morgan fingerprint density at radius 2 is 1.89 bits per heavy atom. The summed E-state index contributed by atoms with van der Waals surface area (Å²) < 4.78 is 27.7. The van der Waals surface area contributed by atoms with Gasteiger partial charge in [-0.3, -0.25) is 4.90 Å². The van der Waals surface area contributed by atoms with Crippen molar-refractivity contribution in [3.63, 3.8) is 0 Å². The average Bonchev–Trinajstić information content (AvgIpc) is 2.39. The van der Waals surface area contributed by atoms with Gasteiger partial charge >= 0.3 is 6.01 Å². The molecule has 1 aromatic rings. The van der Waals surface area contributed by atoms with Crippen molar-refractivity contribution in [3.8, 4) is 6.01 Å². The van der Waals surface area contributed by atoms with E-state index in [1.54, 1.807) is 12.4 Å². The number of ether oxygens (including phenoxy) is 1. The Labute approximate surface area is 113 Å². The molecule has 1 aromatic heterocycles. The SMILES string of the molecule is COc1ncc(CN(C)C2CCS(=O)(=O)CC2)cn1. The standard InChI is InChI=1S/C12H19N3O3S/c1-15(11-3-5-19(16,17)6-4-11)9-10-7-13-12(18-2)14-8-10/h7-8,11H,3-6,9H2,1-2H3. The lowest BCUT2D eigenvalue weighted by Gasteiger charge is -2.30. The van der Waals surface area contributed by atoms with Gasteiger partial charge in [0.2, 0.25) is 0 Å². The molecule has 0 saturated carbocycles. The van der Waals surface area contributed by atoms with Gasteiger partial charge < -0.3 is 4.74 Å². The van der Waals surface area contributed by atoms with Gasteiger partial charge in [0.1, 0.15) is 9.84 Å². The predicted molar refractivity (Wildman–Crippen MR) is 71.7 cm³/mol. The first-order valence-corrected chi connectivity index (χ1v) is 8.08. The van der Waals surface area contributed by atoms with Gasteiger partial charge in [0.25, 0.3) is 0 Å². The van der Waals surface area contributed by atoms with Crippen LogP contribution >= 0.6 is 0 Å². The van der Waals surface area contributed by atoms with E-state index in [1.165, 1.54) is 7.11 Å². The zero-order chi connectivity index (χ0) is 13.9. The quantitative estimate of drug-likeness (QED) is 0.802. The zero-order valence-electron chi connectivity index (χ0n) is 11.2. The van der Waals surface area contributed by atoms with Crippen LogP contribution in [0.5, 0.6) is 6.01 Å². The monoisotopic (exact) mass is 285 g/mol. The fourth-order valence-corrected chi connectivity index (χ4v) is 3.73. The summed E-state index contributed by atoms with van der Waals surface area (Å²) in [5.41, 5.74) is 0.997. The zero-order valence-corrected chi connectivity index (χ0v) is 12.1. The largest absolute Gasteiger partial charge is 0.467 e. The molecule has 6 nitrogen and oxygen atoms in total. The number of hydrogen-bond donors (Lipinski definition) is 0. The molecule has 19 heavy (non-hydrogen) atoms. The maximum Gasteiger partial charge on any atom is 0.316 e. The molecule has 0 unspecified atom stereocenters. The van der Waals surface area contributed by atoms with Crippen molar-refractivity contribution in [3.05, 3.63) is 18.0 Å². The normalized spacial score (nSPS) is 19.5. The smallest absolute Gasteiger partial charge is 0.316 e. The third-order valence-electron chi connectivity index (χ3n) is 3.44. The van der Waals surface area contributed by atoms with E-state index in [0.29, 0.717) is 42.9 Å². The van der Waals surface area contributed by atoms with Gasteiger partial charge in [-0.1, -0.05) is 0 Å². The molecule has 0 amide bonds. The van der Waals surface area contributed by atoms with E-state index < -0.39 is 9.84 Å². The molecule has 0 atom stereocenters. The molecule has 0 N–H and O–H groups in total. The van der Waals surface area contributed by atoms with Crippen LogP contribution in [0.4, 0.5) is 0 Å². The van der Waals surface area contributed by atoms with Crippen LogP contribution in [0.1, 0.15) is 18.4 Å². The van der Waals surface area contributed by atoms with Crippen molar-refractivity contribution < 1.29 is 13.2 Å². The van der Waals surface area contributed by atoms with E-state index in [4.69, 9.17) is 4.74 Å². The molecular weight excluding hydrogens is 266 g/mol. The summed E-state index contributed by atoms with van der Waals surface area (Å²) in [4.78, 5) is 10.3. The Morgan fingerprint density at radius 3 is 2.42 bits per heavy atom. The van der Waals surface area contributed by atoms with Gasteiger partial charge in [-0.15, -0.1) is 0 Å². The third kappa shape index (κ3) is 3.87. The number of nitrogens with zero attached hydrogens (tertiary/aromatic N) is 3. The fraction of sp³-hybridized carbons (Fsp3) is 0.667. The van der Waals surface area contributed by atoms with Crippen LogP contribution in [-0.2, 0) is 16.4 Å². The second-order valence-corrected chi connectivity index (χ2v) is 7.18. The number of aromatic nitrogens is 2. The topological polar surface area (TPSA) is 72.4 Å². The van der Waals surface area contributed by atoms with E-state index in [0.717, 1.165) is 5.56 Å². The summed E-state index contributed by atoms with van der Waals surface area (Å²) in [6.07, 6.45) is 4.88. The van der Waals surface area contributed by atoms with Crippen LogP contribution < -0.4 is 4.74 Å². The summed E-state index contributed by atoms with van der Waals surface area (Å²) >= 11 is 0. The summed E-state index contributed by atoms with van der Waals surface area (Å²) in [5, 5.41) is 0. The molecule has 2 heterocycles. The third-order valence-corrected chi connectivity index (χ3v) is 5.16. The first-order valence-electron chi connectivity index (χ1n) is 6.26. The first-order chi connectivity index (χ1) is 9.00. The van der Waals surface area contributed by atoms with Crippen molar-refractivity contribution in [1.82, 2.24) is 14.9 Å². The molecule has 1 fully saturated rings. The van der Waals surface area contributed by atoms with Crippen molar-refractivity contribution in [2.75, 3.05) is 25.7 Å². The highest BCUT2D eigenvalue weighted by Gasteiger charge is 2.26. The molecule has 7 heteroatoms. The fourth-order valence-electron chi connectivity index (χ4n) is 2.27. The van der Waals surface area contributed by atoms with Crippen molar-refractivity contribution >= 4 is 9.84 Å². The molecular formula is C12H19N3O3S. The predicted octanol–water partition coefficient (Wildman–Crippen LogP) is 0.494. The van der Waals surface area contributed by atoms with Gasteiger partial charge in [0, 0.05) is 30.5 Å². The van der Waals surface area contributed by atoms with Crippen LogP contribution in [0.15, 0.2) is 12.4 Å². The Morgan fingerprint density at radius 1 is 1.32 bits per heavy atom. The molecule has 0 aromatic carbocycles. The molecule has 0 bridgehead atoms. The Hall–Kier alpha value is -1.21. The summed E-state index contributed by atoms with van der Waals surface area (Å²) in [5.74, 6) is 0.586. The first kappa shape index (κ1) is 14.2. The second-order valence-electron chi connectivity index (χ2n) is 4.88. The van der Waals surface area contributed by atoms with Gasteiger partial charge in [-0.25, -0.2) is 18.4 Å². The van der Waals surface area contributed by atoms with E-state index in [9.17, 15) is 8.42 Å². The van der Waals surface area contributed by atoms with Crippen LogP contribution in [-0.4, -0.2) is 55.0 Å². The molecule has 0 spiro atoms. The van der Waals surface area contributed by atoms with E-state index >= 15 is 0 Å².